The molecule has 5 N–H and O–H groups in total. The van der Waals surface area contributed by atoms with Gasteiger partial charge in [-0.15, -0.1) is 5.11 Å². The summed E-state index contributed by atoms with van der Waals surface area (Å²) < 4.78 is 99.3. The van der Waals surface area contributed by atoms with E-state index in [9.17, 15) is 49.0 Å². The number of nitrogens with two attached hydrogens (primary N) is 1. The number of non-ortho nitro benzene ring substituents is 1. The third-order valence-electron chi connectivity index (χ3n) is 5.76. The van der Waals surface area contributed by atoms with Crippen LogP contribution in [0.2, 0.25) is 0 Å². The second kappa shape index (κ2) is 11.0. The van der Waals surface area contributed by atoms with E-state index in [0.717, 1.165) is 36.4 Å². The molecule has 0 amide bonds. The zero-order valence-electron chi connectivity index (χ0n) is 20.8. The van der Waals surface area contributed by atoms with Crippen molar-refractivity contribution in [3.8, 4) is 0 Å². The van der Waals surface area contributed by atoms with E-state index in [0.29, 0.717) is 16.8 Å². The van der Waals surface area contributed by atoms with Gasteiger partial charge in [0, 0.05) is 17.5 Å². The zero-order valence-corrected chi connectivity index (χ0v) is 23.2. The molecule has 0 aromatic heterocycles. The first-order valence-corrected chi connectivity index (χ1v) is 15.5. The van der Waals surface area contributed by atoms with Crippen molar-refractivity contribution in [3.63, 3.8) is 0 Å². The Labute approximate surface area is 238 Å². The Bertz CT molecular complexity index is 2160. The second-order valence-electron chi connectivity index (χ2n) is 8.55. The normalized spacial score (nSPS) is 12.8. The summed E-state index contributed by atoms with van der Waals surface area (Å²) in [7, 11) is -14.3. The molecule has 4 aromatic carbocycles. The van der Waals surface area contributed by atoms with Gasteiger partial charge < -0.3 is 5.73 Å². The number of fused-ring (bicyclic) bond motifs is 1. The van der Waals surface area contributed by atoms with Gasteiger partial charge in [-0.2, -0.15) is 30.4 Å². The molecule has 0 radical (unpaired) electrons. The summed E-state index contributed by atoms with van der Waals surface area (Å²) in [4.78, 5) is 8.31. The van der Waals surface area contributed by atoms with Crippen molar-refractivity contribution in [2.75, 3.05) is 5.73 Å². The van der Waals surface area contributed by atoms with Crippen LogP contribution in [0.1, 0.15) is 11.1 Å². The minimum Gasteiger partial charge on any atom is -0.397 e. The number of hydrogen-bond acceptors (Lipinski definition) is 11. The summed E-state index contributed by atoms with van der Waals surface area (Å²) in [5, 5.41) is 19.7. The van der Waals surface area contributed by atoms with Crippen molar-refractivity contribution in [1.82, 2.24) is 0 Å². The highest BCUT2D eigenvalue weighted by Crippen LogP contribution is 2.35. The molecule has 0 spiro atoms. The standard InChI is InChI=1S/C24H18N4O11S3/c25-21-10-5-16-11-19(40(31,32)33)8-9-20(16)24(21)27-26-17-6-3-14(22(12-17)41(34,35)36)1-2-15-4-7-18(28(29)30)13-23(15)42(37,38)39/h1-13H,25H2,(H,31,32,33)(H,34,35,36)(H,37,38,39). The summed E-state index contributed by atoms with van der Waals surface area (Å²) in [6, 6.07) is 12.7. The highest BCUT2D eigenvalue weighted by Gasteiger charge is 2.20. The number of anilines is 1. The van der Waals surface area contributed by atoms with E-state index in [1.54, 1.807) is 0 Å². The van der Waals surface area contributed by atoms with Crippen LogP contribution in [-0.2, 0) is 30.4 Å². The van der Waals surface area contributed by atoms with Gasteiger partial charge in [0.2, 0.25) is 0 Å². The minimum atomic E-state index is -4.90. The molecule has 15 nitrogen and oxygen atoms in total. The Morgan fingerprint density at radius 2 is 1.31 bits per heavy atom. The number of azo groups is 1. The monoisotopic (exact) mass is 634 g/mol. The van der Waals surface area contributed by atoms with E-state index in [1.165, 1.54) is 36.4 Å². The van der Waals surface area contributed by atoms with Crippen LogP contribution < -0.4 is 5.73 Å². The van der Waals surface area contributed by atoms with E-state index >= 15 is 0 Å². The molecule has 0 atom stereocenters. The highest BCUT2D eigenvalue weighted by atomic mass is 32.2. The molecule has 218 valence electrons. The third-order valence-corrected chi connectivity index (χ3v) is 8.43. The van der Waals surface area contributed by atoms with Gasteiger partial charge in [0.1, 0.15) is 15.5 Å². The molecule has 0 aliphatic heterocycles. The number of nitrogens with zero attached hydrogens (tertiary/aromatic N) is 3. The number of nitro groups is 1. The predicted molar refractivity (Wildman–Crippen MR) is 150 cm³/mol. The lowest BCUT2D eigenvalue weighted by Crippen LogP contribution is -2.02. The maximum atomic E-state index is 12.1. The van der Waals surface area contributed by atoms with E-state index < -0.39 is 50.8 Å². The van der Waals surface area contributed by atoms with Gasteiger partial charge in [0.15, 0.2) is 0 Å². The lowest BCUT2D eigenvalue weighted by molar-refractivity contribution is -0.385. The van der Waals surface area contributed by atoms with E-state index in [-0.39, 0.29) is 33.1 Å². The number of nitro benzene ring substituents is 1. The number of nitrogen functional groups attached to an aromatic ring is 1. The number of hydrogen-bond donors (Lipinski definition) is 4. The summed E-state index contributed by atoms with van der Waals surface area (Å²) in [6.07, 6.45) is 2.16. The fraction of sp³-hybridized carbons (Fsp3) is 0. The maximum absolute atomic E-state index is 12.1. The van der Waals surface area contributed by atoms with Gasteiger partial charge in [-0.05, 0) is 52.9 Å². The molecule has 4 rings (SSSR count). The van der Waals surface area contributed by atoms with Crippen LogP contribution in [0.25, 0.3) is 22.9 Å². The summed E-state index contributed by atoms with van der Waals surface area (Å²) in [5.41, 5.74) is 5.20. The smallest absolute Gasteiger partial charge is 0.295 e. The van der Waals surface area contributed by atoms with Crippen LogP contribution in [0.15, 0.2) is 91.6 Å². The minimum absolute atomic E-state index is 0.0697. The molecule has 4 aromatic rings. The molecule has 0 saturated heterocycles. The van der Waals surface area contributed by atoms with Crippen LogP contribution in [0.5, 0.6) is 0 Å². The lowest BCUT2D eigenvalue weighted by atomic mass is 10.1. The fourth-order valence-electron chi connectivity index (χ4n) is 3.81. The van der Waals surface area contributed by atoms with Gasteiger partial charge in [0.25, 0.3) is 36.0 Å². The van der Waals surface area contributed by atoms with Crippen molar-refractivity contribution in [3.05, 3.63) is 88.0 Å². The third kappa shape index (κ3) is 6.65. The largest absolute Gasteiger partial charge is 0.397 e. The lowest BCUT2D eigenvalue weighted by Gasteiger charge is -2.07. The van der Waals surface area contributed by atoms with Crippen molar-refractivity contribution in [1.29, 1.82) is 0 Å². The van der Waals surface area contributed by atoms with Crippen LogP contribution in [-0.4, -0.2) is 43.8 Å². The van der Waals surface area contributed by atoms with Crippen LogP contribution in [0.4, 0.5) is 22.7 Å². The van der Waals surface area contributed by atoms with Gasteiger partial charge in [-0.3, -0.25) is 23.8 Å². The molecule has 0 aliphatic carbocycles. The second-order valence-corrected chi connectivity index (χ2v) is 12.7. The van der Waals surface area contributed by atoms with E-state index in [1.807, 2.05) is 0 Å². The van der Waals surface area contributed by atoms with Gasteiger partial charge in [-0.1, -0.05) is 30.4 Å². The van der Waals surface area contributed by atoms with Crippen molar-refractivity contribution < 1.29 is 43.8 Å². The summed E-state index contributed by atoms with van der Waals surface area (Å²) >= 11 is 0. The van der Waals surface area contributed by atoms with Crippen molar-refractivity contribution >= 4 is 76.0 Å². The van der Waals surface area contributed by atoms with Crippen molar-refractivity contribution in [2.24, 2.45) is 10.2 Å². The van der Waals surface area contributed by atoms with Crippen LogP contribution >= 0.6 is 0 Å². The first kappa shape index (κ1) is 30.4. The molecular formula is C24H18N4O11S3. The molecule has 0 fully saturated rings. The topological polar surface area (TPSA) is 257 Å². The molecule has 0 aliphatic rings. The summed E-state index contributed by atoms with van der Waals surface area (Å²) in [6.45, 7) is 0. The number of benzene rings is 4. The molecule has 0 unspecified atom stereocenters. The first-order chi connectivity index (χ1) is 19.4. The molecular weight excluding hydrogens is 616 g/mol. The zero-order chi connectivity index (χ0) is 31.0. The molecule has 0 heterocycles. The fourth-order valence-corrected chi connectivity index (χ4v) is 5.73. The molecule has 0 saturated carbocycles. The van der Waals surface area contributed by atoms with E-state index in [4.69, 9.17) is 5.73 Å². The van der Waals surface area contributed by atoms with Crippen LogP contribution in [0.3, 0.4) is 0 Å². The Morgan fingerprint density at radius 1 is 0.714 bits per heavy atom. The maximum Gasteiger partial charge on any atom is 0.295 e. The Balaban J connectivity index is 1.76. The van der Waals surface area contributed by atoms with Crippen LogP contribution in [0, 0.1) is 10.1 Å². The molecule has 42 heavy (non-hydrogen) atoms. The molecule has 18 heteroatoms. The predicted octanol–water partition coefficient (Wildman–Crippen LogP) is 4.66. The Morgan fingerprint density at radius 3 is 1.88 bits per heavy atom. The average molecular weight is 635 g/mol. The van der Waals surface area contributed by atoms with Gasteiger partial charge >= 0.3 is 0 Å². The summed E-state index contributed by atoms with van der Waals surface area (Å²) in [5.74, 6) is 0. The molecule has 0 bridgehead atoms. The quantitative estimate of drug-likeness (QED) is 0.0515. The Hall–Kier alpha value is -4.59. The first-order valence-electron chi connectivity index (χ1n) is 11.2. The van der Waals surface area contributed by atoms with E-state index in [2.05, 4.69) is 10.2 Å². The number of rotatable bonds is 8. The van der Waals surface area contributed by atoms with Gasteiger partial charge in [-0.25, -0.2) is 0 Å². The average Bonchev–Trinajstić information content (AvgIpc) is 2.89. The Kier molecular flexibility index (Phi) is 7.96. The van der Waals surface area contributed by atoms with Gasteiger partial charge in [0.05, 0.1) is 21.2 Å². The highest BCUT2D eigenvalue weighted by molar-refractivity contribution is 7.86. The SMILES string of the molecule is Nc1ccc2cc(S(=O)(=O)O)ccc2c1N=Nc1ccc(C=Cc2ccc([N+](=O)[O-])cc2S(=O)(=O)O)c(S(=O)(=O)O)c1. The van der Waals surface area contributed by atoms with Crippen molar-refractivity contribution in [2.45, 2.75) is 14.7 Å².